The van der Waals surface area contributed by atoms with Crippen molar-refractivity contribution < 1.29 is 73.1 Å². The van der Waals surface area contributed by atoms with Crippen LogP contribution in [0, 0.1) is 11.6 Å². The van der Waals surface area contributed by atoms with Gasteiger partial charge in [0.2, 0.25) is 0 Å². The molecule has 0 fully saturated rings. The van der Waals surface area contributed by atoms with Crippen molar-refractivity contribution in [2.24, 2.45) is 0 Å². The molecular formula is C8H3BF5KS. The Labute approximate surface area is 134 Å². The molecule has 0 N–H and O–H groups in total. The number of benzene rings is 1. The van der Waals surface area contributed by atoms with Crippen LogP contribution in [0.3, 0.4) is 0 Å². The first-order valence-corrected chi connectivity index (χ1v) is 4.78. The van der Waals surface area contributed by atoms with E-state index in [0.717, 1.165) is 18.2 Å². The van der Waals surface area contributed by atoms with Gasteiger partial charge in [0, 0.05) is 4.70 Å². The van der Waals surface area contributed by atoms with Gasteiger partial charge in [0.05, 0.1) is 0 Å². The minimum absolute atomic E-state index is 0. The fraction of sp³-hybridized carbons (Fsp3) is 0. The first kappa shape index (κ1) is 14.6. The van der Waals surface area contributed by atoms with Gasteiger partial charge in [0.25, 0.3) is 0 Å². The summed E-state index contributed by atoms with van der Waals surface area (Å²) in [6, 6.07) is 2.38. The normalized spacial score (nSPS) is 11.6. The van der Waals surface area contributed by atoms with Crippen LogP contribution in [0.5, 0.6) is 0 Å². The van der Waals surface area contributed by atoms with Gasteiger partial charge in [0.15, 0.2) is 11.6 Å². The van der Waals surface area contributed by atoms with Gasteiger partial charge < -0.3 is 12.9 Å². The first-order valence-electron chi connectivity index (χ1n) is 3.96. The molecule has 0 nitrogen and oxygen atoms in total. The summed E-state index contributed by atoms with van der Waals surface area (Å²) < 4.78 is 61.7. The minimum Gasteiger partial charge on any atom is -0.444 e. The molecule has 1 aromatic heterocycles. The Morgan fingerprint density at radius 1 is 0.938 bits per heavy atom. The first-order chi connectivity index (χ1) is 6.88. The number of thiophene rings is 1. The van der Waals surface area contributed by atoms with Crippen LogP contribution in [-0.2, 0) is 0 Å². The van der Waals surface area contributed by atoms with Crippen LogP contribution >= 0.6 is 11.3 Å². The van der Waals surface area contributed by atoms with Crippen molar-refractivity contribution >= 4 is 33.2 Å². The molecule has 1 heterocycles. The van der Waals surface area contributed by atoms with Crippen LogP contribution in [0.15, 0.2) is 18.2 Å². The van der Waals surface area contributed by atoms with E-state index in [1.54, 1.807) is 0 Å². The predicted molar refractivity (Wildman–Crippen MR) is 50.5 cm³/mol. The van der Waals surface area contributed by atoms with Gasteiger partial charge in [-0.25, -0.2) is 8.78 Å². The summed E-state index contributed by atoms with van der Waals surface area (Å²) in [5, 5.41) is 0.0769. The predicted octanol–water partition coefficient (Wildman–Crippen LogP) is 0.238. The molecule has 16 heavy (non-hydrogen) atoms. The molecule has 2 rings (SSSR count). The van der Waals surface area contributed by atoms with Crippen LogP contribution in [-0.4, -0.2) is 6.98 Å². The van der Waals surface area contributed by atoms with E-state index in [2.05, 4.69) is 0 Å². The van der Waals surface area contributed by atoms with Crippen LogP contribution in [0.1, 0.15) is 0 Å². The van der Waals surface area contributed by atoms with Gasteiger partial charge in [-0.2, -0.15) is 11.3 Å². The van der Waals surface area contributed by atoms with Gasteiger partial charge in [-0.05, 0) is 17.5 Å². The van der Waals surface area contributed by atoms with Crippen LogP contribution in [0.25, 0.3) is 10.1 Å². The number of rotatable bonds is 1. The summed E-state index contributed by atoms with van der Waals surface area (Å²) in [7, 11) is 0. The van der Waals surface area contributed by atoms with Gasteiger partial charge in [-0.15, -0.1) is 0 Å². The van der Waals surface area contributed by atoms with Crippen molar-refractivity contribution in [1.82, 2.24) is 0 Å². The molecule has 0 aliphatic heterocycles. The zero-order valence-corrected chi connectivity index (χ0v) is 12.0. The quantitative estimate of drug-likeness (QED) is 0.517. The van der Waals surface area contributed by atoms with E-state index in [4.69, 9.17) is 0 Å². The standard InChI is InChI=1S/C8H3BF5S.K/c10-5-1-4-2-8(9(12,13)14)15-7(4)3-6(5)11;/h1-3H;/q-1;+1. The molecule has 0 atom stereocenters. The Kier molecular flexibility index (Phi) is 4.59. The summed E-state index contributed by atoms with van der Waals surface area (Å²) in [4.78, 5) is 0. The maximum atomic E-state index is 12.7. The molecule has 0 bridgehead atoms. The Bertz CT molecular complexity index is 482. The molecule has 8 heteroatoms. The summed E-state index contributed by atoms with van der Waals surface area (Å²) in [6.45, 7) is -5.11. The summed E-state index contributed by atoms with van der Waals surface area (Å²) in [6.07, 6.45) is 0. The van der Waals surface area contributed by atoms with E-state index in [0.29, 0.717) is 11.3 Å². The molecule has 0 amide bonds. The zero-order chi connectivity index (χ0) is 11.2. The topological polar surface area (TPSA) is 0 Å². The molecule has 0 spiro atoms. The number of hydrogen-bond acceptors (Lipinski definition) is 1. The molecule has 0 unspecified atom stereocenters. The maximum Gasteiger partial charge on any atom is 1.00 e. The smallest absolute Gasteiger partial charge is 0.444 e. The molecule has 2 aromatic rings. The fourth-order valence-electron chi connectivity index (χ4n) is 1.22. The molecule has 0 aliphatic carbocycles. The van der Waals surface area contributed by atoms with Gasteiger partial charge in [0.1, 0.15) is 0 Å². The van der Waals surface area contributed by atoms with Crippen LogP contribution in [0.2, 0.25) is 0 Å². The molecule has 0 saturated heterocycles. The van der Waals surface area contributed by atoms with Crippen molar-refractivity contribution in [3.8, 4) is 0 Å². The van der Waals surface area contributed by atoms with Gasteiger partial charge >= 0.3 is 58.4 Å². The van der Waals surface area contributed by atoms with Gasteiger partial charge in [-0.3, -0.25) is 0 Å². The molecule has 0 saturated carbocycles. The Morgan fingerprint density at radius 3 is 2.06 bits per heavy atom. The second kappa shape index (κ2) is 5.03. The molecule has 80 valence electrons. The van der Waals surface area contributed by atoms with E-state index in [-0.39, 0.29) is 61.5 Å². The average Bonchev–Trinajstić information content (AvgIpc) is 2.47. The van der Waals surface area contributed by atoms with Crippen LogP contribution < -0.4 is 56.2 Å². The van der Waals surface area contributed by atoms with Crippen molar-refractivity contribution in [2.45, 2.75) is 0 Å². The van der Waals surface area contributed by atoms with E-state index < -0.39 is 23.4 Å². The Balaban J connectivity index is 0.00000128. The minimum atomic E-state index is -5.11. The second-order valence-electron chi connectivity index (χ2n) is 3.03. The Morgan fingerprint density at radius 2 is 1.50 bits per heavy atom. The van der Waals surface area contributed by atoms with E-state index >= 15 is 0 Å². The fourth-order valence-corrected chi connectivity index (χ4v) is 2.19. The average molecular weight is 276 g/mol. The number of hydrogen-bond donors (Lipinski definition) is 0. The summed E-state index contributed by atoms with van der Waals surface area (Å²) in [5.74, 6) is -2.27. The molecule has 0 radical (unpaired) electrons. The molecular weight excluding hydrogens is 273 g/mol. The monoisotopic (exact) mass is 276 g/mol. The number of fused-ring (bicyclic) bond motifs is 1. The van der Waals surface area contributed by atoms with Crippen LogP contribution in [0.4, 0.5) is 21.7 Å². The number of halogens is 5. The third-order valence-corrected chi connectivity index (χ3v) is 3.10. The summed E-state index contributed by atoms with van der Waals surface area (Å²) >= 11 is 0.423. The third kappa shape index (κ3) is 2.85. The largest absolute Gasteiger partial charge is 1.00 e. The van der Waals surface area contributed by atoms with E-state index in [1.807, 2.05) is 0 Å². The maximum absolute atomic E-state index is 12.7. The third-order valence-electron chi connectivity index (χ3n) is 1.90. The zero-order valence-electron chi connectivity index (χ0n) is 8.11. The van der Waals surface area contributed by atoms with E-state index in [9.17, 15) is 21.7 Å². The molecule has 1 aromatic carbocycles. The molecule has 0 aliphatic rings. The summed E-state index contributed by atoms with van der Waals surface area (Å²) in [5.41, 5.74) is 0. The Hall–Kier alpha value is 0.531. The van der Waals surface area contributed by atoms with Crippen molar-refractivity contribution in [3.63, 3.8) is 0 Å². The van der Waals surface area contributed by atoms with Crippen molar-refractivity contribution in [2.75, 3.05) is 0 Å². The second-order valence-corrected chi connectivity index (χ2v) is 4.14. The van der Waals surface area contributed by atoms with Gasteiger partial charge in [-0.1, -0.05) is 10.8 Å². The van der Waals surface area contributed by atoms with Crippen molar-refractivity contribution in [3.05, 3.63) is 29.8 Å². The van der Waals surface area contributed by atoms with E-state index in [1.165, 1.54) is 0 Å². The SMILES string of the molecule is Fc1cc2cc([B-](F)(F)F)sc2cc1F.[K+]. The van der Waals surface area contributed by atoms with Crippen molar-refractivity contribution in [1.29, 1.82) is 0 Å².